The summed E-state index contributed by atoms with van der Waals surface area (Å²) < 4.78 is 4.78. The first-order valence-corrected chi connectivity index (χ1v) is 4.71. The molecule has 0 spiro atoms. The maximum atomic E-state index is 11.2. The van der Waals surface area contributed by atoms with Gasteiger partial charge in [-0.3, -0.25) is 4.79 Å². The molecule has 82 valence electrons. The molecule has 16 heavy (non-hydrogen) atoms. The third-order valence-corrected chi connectivity index (χ3v) is 2.26. The van der Waals surface area contributed by atoms with E-state index in [0.29, 0.717) is 5.69 Å². The van der Waals surface area contributed by atoms with E-state index in [2.05, 4.69) is 5.16 Å². The van der Waals surface area contributed by atoms with Crippen molar-refractivity contribution in [1.82, 2.24) is 5.16 Å². The van der Waals surface area contributed by atoms with Crippen molar-refractivity contribution in [3.8, 4) is 11.3 Å². The number of nitrogens with two attached hydrogens (primary N) is 2. The molecule has 0 aliphatic rings. The van der Waals surface area contributed by atoms with Crippen molar-refractivity contribution in [2.24, 2.45) is 5.73 Å². The van der Waals surface area contributed by atoms with Crippen LogP contribution in [-0.2, 0) is 0 Å². The van der Waals surface area contributed by atoms with Gasteiger partial charge in [0.15, 0.2) is 0 Å². The van der Waals surface area contributed by atoms with Crippen LogP contribution in [0.4, 0.5) is 5.88 Å². The number of rotatable bonds is 2. The van der Waals surface area contributed by atoms with Crippen LogP contribution in [0.1, 0.15) is 15.9 Å². The number of carbonyl (C=O) groups excluding carboxylic acids is 1. The molecule has 0 saturated heterocycles. The number of hydrogen-bond donors (Lipinski definition) is 2. The van der Waals surface area contributed by atoms with Crippen molar-refractivity contribution in [2.75, 3.05) is 5.73 Å². The van der Waals surface area contributed by atoms with Gasteiger partial charge < -0.3 is 16.0 Å². The molecule has 0 aliphatic heterocycles. The van der Waals surface area contributed by atoms with E-state index in [4.69, 9.17) is 16.0 Å². The highest BCUT2D eigenvalue weighted by Gasteiger charge is 2.19. The minimum absolute atomic E-state index is 0.0518. The summed E-state index contributed by atoms with van der Waals surface area (Å²) in [6.45, 7) is 1.94. The van der Waals surface area contributed by atoms with Crippen LogP contribution in [0.2, 0.25) is 0 Å². The van der Waals surface area contributed by atoms with Gasteiger partial charge in [-0.25, -0.2) is 0 Å². The van der Waals surface area contributed by atoms with Gasteiger partial charge in [-0.1, -0.05) is 28.9 Å². The Morgan fingerprint density at radius 1 is 1.44 bits per heavy atom. The molecule has 5 nitrogen and oxygen atoms in total. The highest BCUT2D eigenvalue weighted by Crippen LogP contribution is 2.26. The second-order valence-electron chi connectivity index (χ2n) is 3.50. The Morgan fingerprint density at radius 2 is 2.19 bits per heavy atom. The first-order chi connectivity index (χ1) is 7.59. The summed E-state index contributed by atoms with van der Waals surface area (Å²) in [5, 5.41) is 3.75. The molecular formula is C11H11N3O2. The van der Waals surface area contributed by atoms with Gasteiger partial charge in [-0.2, -0.15) is 0 Å². The second-order valence-corrected chi connectivity index (χ2v) is 3.50. The molecule has 1 amide bonds. The highest BCUT2D eigenvalue weighted by atomic mass is 16.5. The summed E-state index contributed by atoms with van der Waals surface area (Å²) in [5.41, 5.74) is 13.0. The molecule has 0 bridgehead atoms. The van der Waals surface area contributed by atoms with E-state index in [9.17, 15) is 4.79 Å². The number of nitrogens with zero attached hydrogens (tertiary/aromatic N) is 1. The molecule has 0 saturated carbocycles. The van der Waals surface area contributed by atoms with Gasteiger partial charge in [-0.05, 0) is 13.0 Å². The number of primary amides is 1. The number of aromatic nitrogens is 1. The van der Waals surface area contributed by atoms with Gasteiger partial charge in [0, 0.05) is 5.56 Å². The molecule has 4 N–H and O–H groups in total. The molecule has 0 atom stereocenters. The van der Waals surface area contributed by atoms with Gasteiger partial charge in [-0.15, -0.1) is 0 Å². The van der Waals surface area contributed by atoms with Crippen molar-refractivity contribution in [3.63, 3.8) is 0 Å². The molecule has 1 aromatic carbocycles. The van der Waals surface area contributed by atoms with Crippen LogP contribution in [0.15, 0.2) is 28.8 Å². The Morgan fingerprint density at radius 3 is 2.81 bits per heavy atom. The average molecular weight is 217 g/mol. The van der Waals surface area contributed by atoms with Gasteiger partial charge in [0.25, 0.3) is 5.91 Å². The normalized spacial score (nSPS) is 10.3. The number of benzene rings is 1. The third kappa shape index (κ3) is 1.63. The number of anilines is 1. The van der Waals surface area contributed by atoms with Crippen LogP contribution in [-0.4, -0.2) is 11.1 Å². The van der Waals surface area contributed by atoms with Crippen LogP contribution < -0.4 is 11.5 Å². The number of hydrogen-bond acceptors (Lipinski definition) is 4. The number of nitrogen functional groups attached to an aromatic ring is 1. The SMILES string of the molecule is Cc1cccc(-c2noc(N)c2C(N)=O)c1. The largest absolute Gasteiger partial charge is 0.367 e. The molecule has 0 radical (unpaired) electrons. The first-order valence-electron chi connectivity index (χ1n) is 4.71. The van der Waals surface area contributed by atoms with Crippen LogP contribution in [0.5, 0.6) is 0 Å². The molecule has 5 heteroatoms. The molecule has 0 aliphatic carbocycles. The number of aryl methyl sites for hydroxylation is 1. The van der Waals surface area contributed by atoms with Crippen molar-refractivity contribution in [1.29, 1.82) is 0 Å². The van der Waals surface area contributed by atoms with Crippen molar-refractivity contribution in [3.05, 3.63) is 35.4 Å². The summed E-state index contributed by atoms with van der Waals surface area (Å²) in [6.07, 6.45) is 0. The Hall–Kier alpha value is -2.30. The predicted octanol–water partition coefficient (Wildman–Crippen LogP) is 1.33. The summed E-state index contributed by atoms with van der Waals surface area (Å²) >= 11 is 0. The molecule has 1 aromatic heterocycles. The Labute approximate surface area is 92.0 Å². The summed E-state index contributed by atoms with van der Waals surface area (Å²) in [7, 11) is 0. The first kappa shape index (κ1) is 10.2. The summed E-state index contributed by atoms with van der Waals surface area (Å²) in [6, 6.07) is 7.50. The molecular weight excluding hydrogens is 206 g/mol. The van der Waals surface area contributed by atoms with Gasteiger partial charge in [0.05, 0.1) is 0 Å². The predicted molar refractivity (Wildman–Crippen MR) is 59.6 cm³/mol. The van der Waals surface area contributed by atoms with Crippen LogP contribution in [0, 0.1) is 6.92 Å². The fourth-order valence-corrected chi connectivity index (χ4v) is 1.53. The lowest BCUT2D eigenvalue weighted by Crippen LogP contribution is -2.13. The van der Waals surface area contributed by atoms with E-state index in [1.54, 1.807) is 0 Å². The number of carbonyl (C=O) groups is 1. The third-order valence-electron chi connectivity index (χ3n) is 2.26. The van der Waals surface area contributed by atoms with E-state index in [0.717, 1.165) is 11.1 Å². The smallest absolute Gasteiger partial charge is 0.256 e. The lowest BCUT2D eigenvalue weighted by molar-refractivity contribution is 0.100. The monoisotopic (exact) mass is 217 g/mol. The Bertz CT molecular complexity index is 546. The molecule has 2 rings (SSSR count). The maximum Gasteiger partial charge on any atom is 0.256 e. The van der Waals surface area contributed by atoms with E-state index < -0.39 is 5.91 Å². The molecule has 1 heterocycles. The van der Waals surface area contributed by atoms with Crippen molar-refractivity contribution < 1.29 is 9.32 Å². The fraction of sp³-hybridized carbons (Fsp3) is 0.0909. The summed E-state index contributed by atoms with van der Waals surface area (Å²) in [5.74, 6) is -0.695. The van der Waals surface area contributed by atoms with E-state index in [-0.39, 0.29) is 11.4 Å². The fourth-order valence-electron chi connectivity index (χ4n) is 1.53. The topological polar surface area (TPSA) is 95.1 Å². The van der Waals surface area contributed by atoms with Crippen molar-refractivity contribution >= 4 is 11.8 Å². The lowest BCUT2D eigenvalue weighted by Gasteiger charge is -1.99. The maximum absolute atomic E-state index is 11.2. The standard InChI is InChI=1S/C11H11N3O2/c1-6-3-2-4-7(5-6)9-8(10(12)15)11(13)16-14-9/h2-5H,13H2,1H3,(H2,12,15). The quantitative estimate of drug-likeness (QED) is 0.793. The van der Waals surface area contributed by atoms with Crippen molar-refractivity contribution in [2.45, 2.75) is 6.92 Å². The molecule has 0 fully saturated rings. The highest BCUT2D eigenvalue weighted by molar-refractivity contribution is 6.02. The van der Waals surface area contributed by atoms with Gasteiger partial charge in [0.2, 0.25) is 5.88 Å². The van der Waals surface area contributed by atoms with E-state index >= 15 is 0 Å². The molecule has 0 unspecified atom stereocenters. The van der Waals surface area contributed by atoms with E-state index in [1.165, 1.54) is 0 Å². The Kier molecular flexibility index (Phi) is 2.36. The summed E-state index contributed by atoms with van der Waals surface area (Å²) in [4.78, 5) is 11.2. The van der Waals surface area contributed by atoms with Crippen LogP contribution in [0.25, 0.3) is 11.3 Å². The zero-order chi connectivity index (χ0) is 11.7. The molecule has 2 aromatic rings. The zero-order valence-electron chi connectivity index (χ0n) is 8.73. The average Bonchev–Trinajstić information content (AvgIpc) is 2.60. The minimum Gasteiger partial charge on any atom is -0.367 e. The number of amides is 1. The zero-order valence-corrected chi connectivity index (χ0v) is 8.73. The minimum atomic E-state index is -0.643. The van der Waals surface area contributed by atoms with Gasteiger partial charge >= 0.3 is 0 Å². The van der Waals surface area contributed by atoms with Gasteiger partial charge in [0.1, 0.15) is 11.3 Å². The van der Waals surface area contributed by atoms with Crippen LogP contribution >= 0.6 is 0 Å². The van der Waals surface area contributed by atoms with E-state index in [1.807, 2.05) is 31.2 Å². The lowest BCUT2D eigenvalue weighted by atomic mass is 10.1. The Balaban J connectivity index is 2.60. The van der Waals surface area contributed by atoms with Crippen LogP contribution in [0.3, 0.4) is 0 Å². The second kappa shape index (κ2) is 3.69.